The third kappa shape index (κ3) is 3.45. The van der Waals surface area contributed by atoms with Crippen LogP contribution in [-0.2, 0) is 14.8 Å². The first-order valence-corrected chi connectivity index (χ1v) is 8.63. The van der Waals surface area contributed by atoms with E-state index < -0.39 is 39.4 Å². The molecule has 3 N–H and O–H groups in total. The fraction of sp³-hybridized carbons (Fsp3) is 0.333. The Bertz CT molecular complexity index is 752. The zero-order valence-electron chi connectivity index (χ0n) is 11.1. The van der Waals surface area contributed by atoms with Crippen LogP contribution in [0.3, 0.4) is 0 Å². The number of sulfonamides is 1. The van der Waals surface area contributed by atoms with Crippen molar-refractivity contribution in [1.29, 1.82) is 0 Å². The Morgan fingerprint density at radius 2 is 2.14 bits per heavy atom. The second-order valence-corrected chi connectivity index (χ2v) is 7.48. The molecule has 1 aliphatic heterocycles. The van der Waals surface area contributed by atoms with Gasteiger partial charge in [0.05, 0.1) is 21.5 Å². The third-order valence-corrected chi connectivity index (χ3v) is 4.79. The predicted octanol–water partition coefficient (Wildman–Crippen LogP) is 0.928. The summed E-state index contributed by atoms with van der Waals surface area (Å²) in [6.45, 7) is -0.108. The molecular formula is C12H12BrFN2O5S. The van der Waals surface area contributed by atoms with Gasteiger partial charge in [0, 0.05) is 18.9 Å². The van der Waals surface area contributed by atoms with Crippen LogP contribution in [0.4, 0.5) is 10.1 Å². The highest BCUT2D eigenvalue weighted by molar-refractivity contribution is 9.10. The predicted molar refractivity (Wildman–Crippen MR) is 79.5 cm³/mol. The Kier molecular flexibility index (Phi) is 4.54. The summed E-state index contributed by atoms with van der Waals surface area (Å²) >= 11 is 2.94. The molecule has 0 aromatic heterocycles. The molecule has 120 valence electrons. The number of carboxylic acids is 1. The minimum Gasteiger partial charge on any atom is -0.478 e. The SMILES string of the molecule is NS(=O)(=O)CC1CC(=O)N(c2c(C(=O)O)ccc(Br)c2F)C1. The quantitative estimate of drug-likeness (QED) is 0.787. The second kappa shape index (κ2) is 5.94. The summed E-state index contributed by atoms with van der Waals surface area (Å²) in [5.41, 5.74) is -0.742. The van der Waals surface area contributed by atoms with Crippen molar-refractivity contribution in [2.24, 2.45) is 11.1 Å². The van der Waals surface area contributed by atoms with Crippen LogP contribution in [0.2, 0.25) is 0 Å². The van der Waals surface area contributed by atoms with Crippen molar-refractivity contribution in [1.82, 2.24) is 0 Å². The Morgan fingerprint density at radius 1 is 1.50 bits per heavy atom. The van der Waals surface area contributed by atoms with Crippen molar-refractivity contribution < 1.29 is 27.5 Å². The van der Waals surface area contributed by atoms with Gasteiger partial charge >= 0.3 is 5.97 Å². The van der Waals surface area contributed by atoms with Gasteiger partial charge in [-0.25, -0.2) is 22.7 Å². The van der Waals surface area contributed by atoms with Crippen LogP contribution >= 0.6 is 15.9 Å². The van der Waals surface area contributed by atoms with Gasteiger partial charge in [0.1, 0.15) is 0 Å². The van der Waals surface area contributed by atoms with Gasteiger partial charge in [0.15, 0.2) is 5.82 Å². The monoisotopic (exact) mass is 394 g/mol. The zero-order valence-corrected chi connectivity index (χ0v) is 13.5. The Hall–Kier alpha value is -1.52. The van der Waals surface area contributed by atoms with Crippen LogP contribution in [-0.4, -0.2) is 37.7 Å². The zero-order chi connectivity index (χ0) is 16.7. The van der Waals surface area contributed by atoms with Gasteiger partial charge in [0.25, 0.3) is 0 Å². The summed E-state index contributed by atoms with van der Waals surface area (Å²) in [6, 6.07) is 2.40. The molecule has 0 spiro atoms. The minimum atomic E-state index is -3.78. The van der Waals surface area contributed by atoms with Crippen molar-refractivity contribution in [3.05, 3.63) is 28.0 Å². The van der Waals surface area contributed by atoms with Crippen molar-refractivity contribution >= 4 is 43.5 Å². The molecule has 1 heterocycles. The minimum absolute atomic E-state index is 0.00944. The van der Waals surface area contributed by atoms with Gasteiger partial charge in [-0.2, -0.15) is 0 Å². The van der Waals surface area contributed by atoms with Crippen LogP contribution in [0.1, 0.15) is 16.8 Å². The van der Waals surface area contributed by atoms with Gasteiger partial charge in [-0.15, -0.1) is 0 Å². The molecule has 7 nitrogen and oxygen atoms in total. The Balaban J connectivity index is 2.42. The highest BCUT2D eigenvalue weighted by Crippen LogP contribution is 2.34. The number of hydrogen-bond acceptors (Lipinski definition) is 4. The molecule has 1 unspecified atom stereocenters. The highest BCUT2D eigenvalue weighted by Gasteiger charge is 2.36. The number of carbonyl (C=O) groups is 2. The number of halogens is 2. The molecule has 2 rings (SSSR count). The summed E-state index contributed by atoms with van der Waals surface area (Å²) in [6.07, 6.45) is -0.137. The lowest BCUT2D eigenvalue weighted by atomic mass is 10.1. The van der Waals surface area contributed by atoms with Crippen molar-refractivity contribution in [3.63, 3.8) is 0 Å². The maximum absolute atomic E-state index is 14.3. The van der Waals surface area contributed by atoms with Crippen LogP contribution in [0.15, 0.2) is 16.6 Å². The lowest BCUT2D eigenvalue weighted by Crippen LogP contribution is -2.29. The number of anilines is 1. The van der Waals surface area contributed by atoms with E-state index in [0.717, 1.165) is 4.90 Å². The number of nitrogens with zero attached hydrogens (tertiary/aromatic N) is 1. The number of hydrogen-bond donors (Lipinski definition) is 2. The van der Waals surface area contributed by atoms with Crippen LogP contribution in [0, 0.1) is 11.7 Å². The largest absolute Gasteiger partial charge is 0.478 e. The topological polar surface area (TPSA) is 118 Å². The van der Waals surface area contributed by atoms with Gasteiger partial charge in [0.2, 0.25) is 15.9 Å². The average molecular weight is 395 g/mol. The molecule has 0 saturated carbocycles. The highest BCUT2D eigenvalue weighted by atomic mass is 79.9. The normalized spacial score (nSPS) is 18.8. The van der Waals surface area contributed by atoms with E-state index in [4.69, 9.17) is 10.2 Å². The molecule has 1 fully saturated rings. The van der Waals surface area contributed by atoms with Crippen molar-refractivity contribution in [2.45, 2.75) is 6.42 Å². The van der Waals surface area contributed by atoms with E-state index in [-0.39, 0.29) is 28.7 Å². The van der Waals surface area contributed by atoms with Crippen LogP contribution in [0.5, 0.6) is 0 Å². The average Bonchev–Trinajstić information content (AvgIpc) is 2.70. The standard InChI is InChI=1S/C12H12BrFN2O5S/c13-8-2-1-7(12(18)19)11(10(8)14)16-4-6(3-9(16)17)5-22(15,20)21/h1-2,6H,3-5H2,(H,18,19)(H2,15,20,21). The van der Waals surface area contributed by atoms with E-state index in [1.165, 1.54) is 12.1 Å². The summed E-state index contributed by atoms with van der Waals surface area (Å²) in [5, 5.41) is 14.1. The summed E-state index contributed by atoms with van der Waals surface area (Å²) < 4.78 is 36.5. The molecule has 10 heteroatoms. The number of benzene rings is 1. The molecule has 1 amide bonds. The number of primary sulfonamides is 1. The maximum Gasteiger partial charge on any atom is 0.337 e. The van der Waals surface area contributed by atoms with E-state index in [2.05, 4.69) is 15.9 Å². The summed E-state index contributed by atoms with van der Waals surface area (Å²) in [4.78, 5) is 24.2. The summed E-state index contributed by atoms with van der Waals surface area (Å²) in [5.74, 6) is -3.85. The molecule has 1 saturated heterocycles. The summed E-state index contributed by atoms with van der Waals surface area (Å²) in [7, 11) is -3.78. The van der Waals surface area contributed by atoms with Crippen LogP contribution in [0.25, 0.3) is 0 Å². The van der Waals surface area contributed by atoms with E-state index >= 15 is 0 Å². The number of nitrogens with two attached hydrogens (primary N) is 1. The van der Waals surface area contributed by atoms with E-state index in [9.17, 15) is 22.4 Å². The van der Waals surface area contributed by atoms with Gasteiger partial charge in [-0.3, -0.25) is 4.79 Å². The lowest BCUT2D eigenvalue weighted by molar-refractivity contribution is -0.117. The van der Waals surface area contributed by atoms with E-state index in [1.54, 1.807) is 0 Å². The molecule has 1 aromatic rings. The molecule has 0 radical (unpaired) electrons. The van der Waals surface area contributed by atoms with E-state index in [1.807, 2.05) is 0 Å². The fourth-order valence-corrected chi connectivity index (χ4v) is 3.61. The fourth-order valence-electron chi connectivity index (χ4n) is 2.41. The first kappa shape index (κ1) is 16.8. The third-order valence-electron chi connectivity index (χ3n) is 3.24. The van der Waals surface area contributed by atoms with E-state index in [0.29, 0.717) is 0 Å². The van der Waals surface area contributed by atoms with Gasteiger partial charge in [-0.1, -0.05) is 0 Å². The van der Waals surface area contributed by atoms with Gasteiger partial charge < -0.3 is 10.0 Å². The number of amides is 1. The van der Waals surface area contributed by atoms with Gasteiger partial charge in [-0.05, 0) is 28.1 Å². The molecule has 1 atom stereocenters. The second-order valence-electron chi connectivity index (χ2n) is 4.97. The molecule has 22 heavy (non-hydrogen) atoms. The number of carbonyl (C=O) groups excluding carboxylic acids is 1. The molecule has 0 aliphatic carbocycles. The molecule has 1 aromatic carbocycles. The van der Waals surface area contributed by atoms with Crippen molar-refractivity contribution in [3.8, 4) is 0 Å². The smallest absolute Gasteiger partial charge is 0.337 e. The van der Waals surface area contributed by atoms with Crippen LogP contribution < -0.4 is 10.0 Å². The number of aromatic carboxylic acids is 1. The lowest BCUT2D eigenvalue weighted by Gasteiger charge is -2.20. The molecule has 1 aliphatic rings. The Morgan fingerprint density at radius 3 is 2.68 bits per heavy atom. The first-order valence-electron chi connectivity index (χ1n) is 6.12. The molecule has 0 bridgehead atoms. The Labute approximate surface area is 134 Å². The first-order chi connectivity index (χ1) is 10.1. The molecular weight excluding hydrogens is 383 g/mol. The number of rotatable bonds is 4. The maximum atomic E-state index is 14.3. The van der Waals surface area contributed by atoms with Crippen molar-refractivity contribution in [2.75, 3.05) is 17.2 Å². The number of carboxylic acid groups (broad SMARTS) is 1.